The molecule has 0 atom stereocenters. The molecule has 0 spiro atoms. The van der Waals surface area contributed by atoms with Gasteiger partial charge in [0.25, 0.3) is 0 Å². The Morgan fingerprint density at radius 3 is 2.46 bits per heavy atom. The van der Waals surface area contributed by atoms with Crippen molar-refractivity contribution in [2.45, 2.75) is 31.2 Å². The Morgan fingerprint density at radius 2 is 1.82 bits per heavy atom. The first-order valence-corrected chi connectivity index (χ1v) is 8.83. The molecule has 0 saturated carbocycles. The van der Waals surface area contributed by atoms with Crippen molar-refractivity contribution < 1.29 is 27.4 Å². The van der Waals surface area contributed by atoms with Gasteiger partial charge < -0.3 is 20.5 Å². The molecule has 2 aromatic rings. The minimum absolute atomic E-state index is 0.00152. The molecule has 0 bridgehead atoms. The van der Waals surface area contributed by atoms with E-state index in [0.717, 1.165) is 12.1 Å². The number of anilines is 1. The van der Waals surface area contributed by atoms with Crippen molar-refractivity contribution in [3.8, 4) is 5.75 Å². The Bertz CT molecular complexity index is 816. The van der Waals surface area contributed by atoms with Crippen molar-refractivity contribution in [1.29, 1.82) is 0 Å². The van der Waals surface area contributed by atoms with Gasteiger partial charge in [-0.15, -0.1) is 0 Å². The van der Waals surface area contributed by atoms with Gasteiger partial charge in [0.15, 0.2) is 0 Å². The molecule has 1 saturated heterocycles. The summed E-state index contributed by atoms with van der Waals surface area (Å²) in [7, 11) is 0. The lowest BCUT2D eigenvalue weighted by atomic mass is 9.90. The van der Waals surface area contributed by atoms with Crippen LogP contribution in [0.15, 0.2) is 48.5 Å². The predicted molar refractivity (Wildman–Crippen MR) is 97.8 cm³/mol. The number of nitrogens with one attached hydrogen (secondary N) is 1. The summed E-state index contributed by atoms with van der Waals surface area (Å²) in [5, 5.41) is 2.78. The molecule has 1 heterocycles. The van der Waals surface area contributed by atoms with E-state index in [-0.39, 0.29) is 12.5 Å². The van der Waals surface area contributed by atoms with Crippen molar-refractivity contribution in [1.82, 2.24) is 0 Å². The topological polar surface area (TPSA) is 73.6 Å². The van der Waals surface area contributed by atoms with E-state index in [1.807, 2.05) is 0 Å². The largest absolute Gasteiger partial charge is 0.489 e. The zero-order chi connectivity index (χ0) is 20.2. The van der Waals surface area contributed by atoms with Crippen LogP contribution in [0.2, 0.25) is 0 Å². The van der Waals surface area contributed by atoms with Crippen molar-refractivity contribution in [2.24, 2.45) is 5.73 Å². The highest BCUT2D eigenvalue weighted by Crippen LogP contribution is 2.30. The number of hydrogen-bond acceptors (Lipinski definition) is 4. The Morgan fingerprint density at radius 1 is 1.14 bits per heavy atom. The maximum Gasteiger partial charge on any atom is 0.416 e. The number of carbonyl (C=O) groups excluding carboxylic acids is 1. The second kappa shape index (κ2) is 8.20. The number of nitrogens with two attached hydrogens (primary N) is 1. The highest BCUT2D eigenvalue weighted by atomic mass is 19.4. The molecule has 1 aliphatic heterocycles. The van der Waals surface area contributed by atoms with Gasteiger partial charge in [-0.05, 0) is 54.8 Å². The number of halogens is 3. The molecule has 0 aliphatic carbocycles. The van der Waals surface area contributed by atoms with Crippen LogP contribution in [0.3, 0.4) is 0 Å². The monoisotopic (exact) mass is 394 g/mol. The van der Waals surface area contributed by atoms with E-state index in [1.165, 1.54) is 6.07 Å². The van der Waals surface area contributed by atoms with Crippen LogP contribution in [0.25, 0.3) is 0 Å². The normalized spacial score (nSPS) is 16.4. The summed E-state index contributed by atoms with van der Waals surface area (Å²) >= 11 is 0. The van der Waals surface area contributed by atoms with Crippen LogP contribution in [-0.4, -0.2) is 24.7 Å². The number of ether oxygens (including phenoxy) is 2. The number of carbonyl (C=O) groups is 1. The summed E-state index contributed by atoms with van der Waals surface area (Å²) in [6.07, 6.45) is -3.48. The van der Waals surface area contributed by atoms with Crippen molar-refractivity contribution >= 4 is 11.6 Å². The van der Waals surface area contributed by atoms with Crippen LogP contribution >= 0.6 is 0 Å². The van der Waals surface area contributed by atoms with Crippen LogP contribution < -0.4 is 15.8 Å². The molecule has 0 unspecified atom stereocenters. The summed E-state index contributed by atoms with van der Waals surface area (Å²) < 4.78 is 49.0. The third-order valence-corrected chi connectivity index (χ3v) is 4.61. The first-order chi connectivity index (χ1) is 13.3. The van der Waals surface area contributed by atoms with Gasteiger partial charge in [0.2, 0.25) is 5.91 Å². The van der Waals surface area contributed by atoms with Crippen LogP contribution in [0.5, 0.6) is 5.75 Å². The van der Waals surface area contributed by atoms with Gasteiger partial charge in [0, 0.05) is 18.9 Å². The molecule has 5 nitrogen and oxygen atoms in total. The number of hydrogen-bond donors (Lipinski definition) is 2. The second-order valence-electron chi connectivity index (χ2n) is 6.73. The minimum Gasteiger partial charge on any atom is -0.489 e. The molecular weight excluding hydrogens is 373 g/mol. The molecule has 1 amide bonds. The first-order valence-electron chi connectivity index (χ1n) is 8.83. The van der Waals surface area contributed by atoms with E-state index in [9.17, 15) is 18.0 Å². The fourth-order valence-corrected chi connectivity index (χ4v) is 2.86. The molecular formula is C20H21F3N2O3. The summed E-state index contributed by atoms with van der Waals surface area (Å²) in [6, 6.07) is 11.6. The maximum atomic E-state index is 12.8. The lowest BCUT2D eigenvalue weighted by Gasteiger charge is -2.31. The molecule has 0 radical (unpaired) electrons. The molecule has 8 heteroatoms. The van der Waals surface area contributed by atoms with Crippen molar-refractivity contribution in [3.63, 3.8) is 0 Å². The zero-order valence-electron chi connectivity index (χ0n) is 15.1. The van der Waals surface area contributed by atoms with E-state index >= 15 is 0 Å². The molecule has 2 aromatic carbocycles. The van der Waals surface area contributed by atoms with Gasteiger partial charge in [0.1, 0.15) is 17.9 Å². The molecule has 1 aliphatic rings. The molecule has 1 fully saturated rings. The van der Waals surface area contributed by atoms with E-state index in [2.05, 4.69) is 5.32 Å². The average Bonchev–Trinajstić information content (AvgIpc) is 2.67. The number of amides is 1. The fourth-order valence-electron chi connectivity index (χ4n) is 2.86. The summed E-state index contributed by atoms with van der Waals surface area (Å²) in [5.41, 5.74) is 5.45. The first kappa shape index (κ1) is 20.2. The zero-order valence-corrected chi connectivity index (χ0v) is 15.1. The molecule has 3 N–H and O–H groups in total. The lowest BCUT2D eigenvalue weighted by Crippen LogP contribution is -2.54. The fraction of sp³-hybridized carbons (Fsp3) is 0.350. The predicted octanol–water partition coefficient (Wildman–Crippen LogP) is 3.73. The smallest absolute Gasteiger partial charge is 0.416 e. The van der Waals surface area contributed by atoms with Gasteiger partial charge in [-0.2, -0.15) is 13.2 Å². The van der Waals surface area contributed by atoms with Crippen molar-refractivity contribution in [2.75, 3.05) is 18.5 Å². The SMILES string of the molecule is NC1(C(=O)Nc2ccc(OCc3cccc(C(F)(F)F)c3)cc2)CCOCC1. The van der Waals surface area contributed by atoms with Gasteiger partial charge in [-0.1, -0.05) is 12.1 Å². The maximum absolute atomic E-state index is 12.8. The summed E-state index contributed by atoms with van der Waals surface area (Å²) in [6.45, 7) is 0.903. The molecule has 150 valence electrons. The summed E-state index contributed by atoms with van der Waals surface area (Å²) in [4.78, 5) is 12.4. The average molecular weight is 394 g/mol. The van der Waals surface area contributed by atoms with Crippen LogP contribution in [0, 0.1) is 0 Å². The lowest BCUT2D eigenvalue weighted by molar-refractivity contribution is -0.137. The third-order valence-electron chi connectivity index (χ3n) is 4.61. The number of rotatable bonds is 5. The summed E-state index contributed by atoms with van der Waals surface area (Å²) in [5.74, 6) is 0.206. The highest BCUT2D eigenvalue weighted by molar-refractivity contribution is 5.98. The second-order valence-corrected chi connectivity index (χ2v) is 6.73. The highest BCUT2D eigenvalue weighted by Gasteiger charge is 2.35. The van der Waals surface area contributed by atoms with Gasteiger partial charge in [0.05, 0.1) is 5.56 Å². The third kappa shape index (κ3) is 5.02. The van der Waals surface area contributed by atoms with E-state index in [1.54, 1.807) is 30.3 Å². The number of benzene rings is 2. The number of alkyl halides is 3. The Hall–Kier alpha value is -2.58. The molecule has 3 rings (SSSR count). The molecule has 0 aromatic heterocycles. The van der Waals surface area contributed by atoms with Crippen LogP contribution in [0.4, 0.5) is 18.9 Å². The standard InChI is InChI=1S/C20H21F3N2O3/c21-20(22,23)15-3-1-2-14(12-15)13-28-17-6-4-16(5-7-17)25-18(26)19(24)8-10-27-11-9-19/h1-7,12H,8-11,13,24H2,(H,25,26). The van der Waals surface area contributed by atoms with Crippen LogP contribution in [-0.2, 0) is 22.3 Å². The quantitative estimate of drug-likeness (QED) is 0.811. The Labute approximate surface area is 160 Å². The Balaban J connectivity index is 1.57. The van der Waals surface area contributed by atoms with E-state index in [4.69, 9.17) is 15.2 Å². The Kier molecular flexibility index (Phi) is 5.90. The van der Waals surface area contributed by atoms with Gasteiger partial charge in [-0.3, -0.25) is 4.79 Å². The van der Waals surface area contributed by atoms with E-state index < -0.39 is 17.3 Å². The van der Waals surface area contributed by atoms with Crippen molar-refractivity contribution in [3.05, 3.63) is 59.7 Å². The molecule has 28 heavy (non-hydrogen) atoms. The van der Waals surface area contributed by atoms with Gasteiger partial charge in [-0.25, -0.2) is 0 Å². The van der Waals surface area contributed by atoms with Crippen LogP contribution in [0.1, 0.15) is 24.0 Å². The minimum atomic E-state index is -4.39. The van der Waals surface area contributed by atoms with Gasteiger partial charge >= 0.3 is 6.18 Å². The van der Waals surface area contributed by atoms with E-state index in [0.29, 0.717) is 43.1 Å².